The van der Waals surface area contributed by atoms with Crippen molar-refractivity contribution in [1.82, 2.24) is 4.90 Å². The predicted molar refractivity (Wildman–Crippen MR) is 89.3 cm³/mol. The van der Waals surface area contributed by atoms with Crippen molar-refractivity contribution >= 4 is 5.91 Å². The van der Waals surface area contributed by atoms with Crippen molar-refractivity contribution in [3.63, 3.8) is 0 Å². The number of hydrogen-bond acceptors (Lipinski definition) is 5. The van der Waals surface area contributed by atoms with Crippen LogP contribution in [0.2, 0.25) is 0 Å². The second kappa shape index (κ2) is 9.50. The molecule has 1 fully saturated rings. The van der Waals surface area contributed by atoms with Crippen LogP contribution < -0.4 is 16.2 Å². The topological polar surface area (TPSA) is 90.8 Å². The molecule has 1 aromatic carbocycles. The standard InChI is InChI=1S/C17H27N3O3/c18-12-15(19)3-1-2-14-4-6-16(7-5-14)23-13-17(21)20-8-10-22-11-9-20/h4-7,15H,1-3,8-13,18-19H2. The number of amides is 1. The average molecular weight is 321 g/mol. The highest BCUT2D eigenvalue weighted by atomic mass is 16.5. The Morgan fingerprint density at radius 3 is 2.61 bits per heavy atom. The zero-order chi connectivity index (χ0) is 16.5. The lowest BCUT2D eigenvalue weighted by Gasteiger charge is -2.26. The van der Waals surface area contributed by atoms with Crippen LogP contribution in [0, 0.1) is 0 Å². The number of rotatable bonds is 8. The highest BCUT2D eigenvalue weighted by molar-refractivity contribution is 5.77. The maximum Gasteiger partial charge on any atom is 0.260 e. The monoisotopic (exact) mass is 321 g/mol. The molecular formula is C17H27N3O3. The van der Waals surface area contributed by atoms with Crippen molar-refractivity contribution in [2.24, 2.45) is 11.5 Å². The van der Waals surface area contributed by atoms with Gasteiger partial charge >= 0.3 is 0 Å². The van der Waals surface area contributed by atoms with Gasteiger partial charge in [-0.05, 0) is 37.0 Å². The van der Waals surface area contributed by atoms with Crippen LogP contribution in [0.3, 0.4) is 0 Å². The molecule has 4 N–H and O–H groups in total. The lowest BCUT2D eigenvalue weighted by atomic mass is 10.1. The SMILES string of the molecule is NCC(N)CCCc1ccc(OCC(=O)N2CCOCC2)cc1. The third-order valence-corrected chi connectivity index (χ3v) is 3.99. The summed E-state index contributed by atoms with van der Waals surface area (Å²) >= 11 is 0. The number of nitrogens with zero attached hydrogens (tertiary/aromatic N) is 1. The van der Waals surface area contributed by atoms with Crippen molar-refractivity contribution in [2.45, 2.75) is 25.3 Å². The van der Waals surface area contributed by atoms with Gasteiger partial charge in [-0.3, -0.25) is 4.79 Å². The van der Waals surface area contributed by atoms with Crippen molar-refractivity contribution in [3.8, 4) is 5.75 Å². The number of morpholine rings is 1. The first-order chi connectivity index (χ1) is 11.2. The van der Waals surface area contributed by atoms with Crippen LogP contribution in [0.1, 0.15) is 18.4 Å². The van der Waals surface area contributed by atoms with E-state index in [0.29, 0.717) is 38.6 Å². The molecular weight excluding hydrogens is 294 g/mol. The first kappa shape index (κ1) is 17.7. The molecule has 1 atom stereocenters. The van der Waals surface area contributed by atoms with Crippen molar-refractivity contribution < 1.29 is 14.3 Å². The first-order valence-corrected chi connectivity index (χ1v) is 8.22. The summed E-state index contributed by atoms with van der Waals surface area (Å²) in [7, 11) is 0. The van der Waals surface area contributed by atoms with Gasteiger partial charge < -0.3 is 25.8 Å². The molecule has 0 bridgehead atoms. The van der Waals surface area contributed by atoms with Gasteiger partial charge in [0, 0.05) is 25.7 Å². The fourth-order valence-electron chi connectivity index (χ4n) is 2.49. The number of benzene rings is 1. The Labute approximate surface area is 137 Å². The van der Waals surface area contributed by atoms with E-state index in [1.54, 1.807) is 4.90 Å². The van der Waals surface area contributed by atoms with E-state index in [-0.39, 0.29) is 18.6 Å². The summed E-state index contributed by atoms with van der Waals surface area (Å²) in [6.45, 7) is 3.11. The minimum absolute atomic E-state index is 0.00755. The Kier molecular flexibility index (Phi) is 7.32. The Balaban J connectivity index is 1.70. The number of carbonyl (C=O) groups excluding carboxylic acids is 1. The molecule has 2 rings (SSSR count). The summed E-state index contributed by atoms with van der Waals surface area (Å²) in [5, 5.41) is 0. The van der Waals surface area contributed by atoms with Gasteiger partial charge in [0.2, 0.25) is 0 Å². The van der Waals surface area contributed by atoms with Gasteiger partial charge in [0.1, 0.15) is 5.75 Å². The maximum atomic E-state index is 12.0. The lowest BCUT2D eigenvalue weighted by Crippen LogP contribution is -2.42. The van der Waals surface area contributed by atoms with E-state index in [1.165, 1.54) is 5.56 Å². The molecule has 1 unspecified atom stereocenters. The van der Waals surface area contributed by atoms with Gasteiger partial charge in [0.05, 0.1) is 13.2 Å². The van der Waals surface area contributed by atoms with Gasteiger partial charge in [-0.15, -0.1) is 0 Å². The molecule has 6 nitrogen and oxygen atoms in total. The van der Waals surface area contributed by atoms with Crippen LogP contribution in [0.4, 0.5) is 0 Å². The van der Waals surface area contributed by atoms with Crippen molar-refractivity contribution in [2.75, 3.05) is 39.5 Å². The molecule has 0 radical (unpaired) electrons. The van der Waals surface area contributed by atoms with Gasteiger partial charge in [-0.25, -0.2) is 0 Å². The minimum Gasteiger partial charge on any atom is -0.484 e. The van der Waals surface area contributed by atoms with E-state index < -0.39 is 0 Å². The summed E-state index contributed by atoms with van der Waals surface area (Å²) in [5.41, 5.74) is 12.5. The van der Waals surface area contributed by atoms with Crippen molar-refractivity contribution in [3.05, 3.63) is 29.8 Å². The Bertz CT molecular complexity index is 472. The fourth-order valence-corrected chi connectivity index (χ4v) is 2.49. The Morgan fingerprint density at radius 1 is 1.26 bits per heavy atom. The van der Waals surface area contributed by atoms with E-state index in [2.05, 4.69) is 0 Å². The van der Waals surface area contributed by atoms with Crippen molar-refractivity contribution in [1.29, 1.82) is 0 Å². The summed E-state index contributed by atoms with van der Waals surface area (Å²) in [4.78, 5) is 13.8. The van der Waals surface area contributed by atoms with Gasteiger partial charge in [0.15, 0.2) is 6.61 Å². The molecule has 128 valence electrons. The predicted octanol–water partition coefficient (Wildman–Crippen LogP) is 0.533. The molecule has 6 heteroatoms. The average Bonchev–Trinajstić information content (AvgIpc) is 2.61. The van der Waals surface area contributed by atoms with Crippen LogP contribution in [0.15, 0.2) is 24.3 Å². The normalized spacial score (nSPS) is 16.2. The molecule has 1 aliphatic rings. The number of ether oxygens (including phenoxy) is 2. The fraction of sp³-hybridized carbons (Fsp3) is 0.588. The quantitative estimate of drug-likeness (QED) is 0.729. The summed E-state index contributed by atoms with van der Waals surface area (Å²) in [6, 6.07) is 7.96. The molecule has 0 aliphatic carbocycles. The Hall–Kier alpha value is -1.63. The summed E-state index contributed by atoms with van der Waals surface area (Å²) < 4.78 is 10.8. The zero-order valence-corrected chi connectivity index (χ0v) is 13.6. The molecule has 1 saturated heterocycles. The van der Waals surface area contributed by atoms with E-state index in [1.807, 2.05) is 24.3 Å². The number of hydrogen-bond donors (Lipinski definition) is 2. The molecule has 1 heterocycles. The van der Waals surface area contributed by atoms with Crippen LogP contribution >= 0.6 is 0 Å². The van der Waals surface area contributed by atoms with Crippen LogP contribution in [-0.2, 0) is 16.0 Å². The third-order valence-electron chi connectivity index (χ3n) is 3.99. The third kappa shape index (κ3) is 6.17. The zero-order valence-electron chi connectivity index (χ0n) is 13.6. The molecule has 1 aromatic rings. The molecule has 1 aliphatic heterocycles. The van der Waals surface area contributed by atoms with Crippen LogP contribution in [-0.4, -0.2) is 56.3 Å². The highest BCUT2D eigenvalue weighted by Crippen LogP contribution is 2.14. The smallest absolute Gasteiger partial charge is 0.260 e. The second-order valence-corrected chi connectivity index (χ2v) is 5.81. The summed E-state index contributed by atoms with van der Waals surface area (Å²) in [5.74, 6) is 0.724. The molecule has 0 aromatic heterocycles. The molecule has 1 amide bonds. The van der Waals surface area contributed by atoms with E-state index >= 15 is 0 Å². The minimum atomic E-state index is 0.00755. The van der Waals surface area contributed by atoms with E-state index in [9.17, 15) is 4.79 Å². The first-order valence-electron chi connectivity index (χ1n) is 8.22. The molecule has 0 saturated carbocycles. The summed E-state index contributed by atoms with van der Waals surface area (Å²) in [6.07, 6.45) is 2.93. The van der Waals surface area contributed by atoms with Gasteiger partial charge in [-0.1, -0.05) is 12.1 Å². The van der Waals surface area contributed by atoms with Gasteiger partial charge in [-0.2, -0.15) is 0 Å². The number of carbonyl (C=O) groups is 1. The number of nitrogens with two attached hydrogens (primary N) is 2. The second-order valence-electron chi connectivity index (χ2n) is 5.81. The van der Waals surface area contributed by atoms with Gasteiger partial charge in [0.25, 0.3) is 5.91 Å². The van der Waals surface area contributed by atoms with Crippen LogP contribution in [0.25, 0.3) is 0 Å². The highest BCUT2D eigenvalue weighted by Gasteiger charge is 2.17. The molecule has 23 heavy (non-hydrogen) atoms. The molecule has 0 spiro atoms. The maximum absolute atomic E-state index is 12.0. The number of aryl methyl sites for hydroxylation is 1. The lowest BCUT2D eigenvalue weighted by molar-refractivity contribution is -0.137. The largest absolute Gasteiger partial charge is 0.484 e. The van der Waals surface area contributed by atoms with E-state index in [4.69, 9.17) is 20.9 Å². The Morgan fingerprint density at radius 2 is 1.96 bits per heavy atom. The van der Waals surface area contributed by atoms with Crippen LogP contribution in [0.5, 0.6) is 5.75 Å². The van der Waals surface area contributed by atoms with E-state index in [0.717, 1.165) is 19.3 Å².